The van der Waals surface area contributed by atoms with Gasteiger partial charge in [0.15, 0.2) is 0 Å². The highest BCUT2D eigenvalue weighted by Crippen LogP contribution is 2.21. The van der Waals surface area contributed by atoms with Gasteiger partial charge in [0.25, 0.3) is 0 Å². The molecule has 2 rings (SSSR count). The minimum Gasteiger partial charge on any atom is -0.304 e. The van der Waals surface area contributed by atoms with E-state index in [9.17, 15) is 0 Å². The Labute approximate surface area is 128 Å². The van der Waals surface area contributed by atoms with Gasteiger partial charge in [-0.05, 0) is 53.5 Å². The summed E-state index contributed by atoms with van der Waals surface area (Å²) in [6.07, 6.45) is 5.87. The summed E-state index contributed by atoms with van der Waals surface area (Å²) >= 11 is 3.43. The van der Waals surface area contributed by atoms with Crippen molar-refractivity contribution in [3.05, 3.63) is 46.5 Å². The Kier molecular flexibility index (Phi) is 5.73. The third kappa shape index (κ3) is 3.67. The lowest BCUT2D eigenvalue weighted by atomic mass is 10.1. The lowest BCUT2D eigenvalue weighted by Crippen LogP contribution is -2.26. The Balaban J connectivity index is 2.31. The molecule has 0 spiro atoms. The SMILES string of the molecule is CCCNC(c1ccc(Br)cn1)c1ccnn1CCC. The average Bonchev–Trinajstić information content (AvgIpc) is 2.90. The number of nitrogens with one attached hydrogen (secondary N) is 1. The number of aryl methyl sites for hydroxylation is 1. The molecule has 5 heteroatoms. The number of nitrogens with zero attached hydrogens (tertiary/aromatic N) is 3. The summed E-state index contributed by atoms with van der Waals surface area (Å²) in [4.78, 5) is 4.54. The highest BCUT2D eigenvalue weighted by atomic mass is 79.9. The largest absolute Gasteiger partial charge is 0.304 e. The van der Waals surface area contributed by atoms with Gasteiger partial charge in [0.1, 0.15) is 0 Å². The predicted molar refractivity (Wildman–Crippen MR) is 84.6 cm³/mol. The molecule has 0 amide bonds. The predicted octanol–water partition coefficient (Wildman–Crippen LogP) is 3.54. The van der Waals surface area contributed by atoms with Gasteiger partial charge in [-0.3, -0.25) is 9.67 Å². The minimum absolute atomic E-state index is 0.0945. The second kappa shape index (κ2) is 7.55. The van der Waals surface area contributed by atoms with E-state index in [-0.39, 0.29) is 6.04 Å². The fourth-order valence-corrected chi connectivity index (χ4v) is 2.43. The van der Waals surface area contributed by atoms with Gasteiger partial charge in [0.2, 0.25) is 0 Å². The standard InChI is InChI=1S/C15H21BrN4/c1-3-8-17-15(13-6-5-12(16)11-18-13)14-7-9-19-20(14)10-4-2/h5-7,9,11,15,17H,3-4,8,10H2,1-2H3. The molecule has 108 valence electrons. The van der Waals surface area contributed by atoms with E-state index in [1.807, 2.05) is 18.5 Å². The monoisotopic (exact) mass is 336 g/mol. The van der Waals surface area contributed by atoms with Crippen LogP contribution in [0.25, 0.3) is 0 Å². The first-order chi connectivity index (χ1) is 9.76. The second-order valence-electron chi connectivity index (χ2n) is 4.77. The van der Waals surface area contributed by atoms with Crippen LogP contribution in [0.3, 0.4) is 0 Å². The maximum atomic E-state index is 4.54. The number of hydrogen-bond donors (Lipinski definition) is 1. The molecule has 0 aliphatic heterocycles. The van der Waals surface area contributed by atoms with E-state index >= 15 is 0 Å². The van der Waals surface area contributed by atoms with Crippen molar-refractivity contribution >= 4 is 15.9 Å². The summed E-state index contributed by atoms with van der Waals surface area (Å²) in [5.74, 6) is 0. The third-order valence-electron chi connectivity index (χ3n) is 3.13. The molecule has 2 aromatic rings. The summed E-state index contributed by atoms with van der Waals surface area (Å²) in [7, 11) is 0. The van der Waals surface area contributed by atoms with Gasteiger partial charge in [-0.1, -0.05) is 13.8 Å². The van der Waals surface area contributed by atoms with Gasteiger partial charge in [-0.2, -0.15) is 5.10 Å². The first-order valence-electron chi connectivity index (χ1n) is 7.12. The molecule has 4 nitrogen and oxygen atoms in total. The van der Waals surface area contributed by atoms with Crippen molar-refractivity contribution in [3.8, 4) is 0 Å². The van der Waals surface area contributed by atoms with E-state index in [1.54, 1.807) is 0 Å². The zero-order valence-electron chi connectivity index (χ0n) is 12.0. The summed E-state index contributed by atoms with van der Waals surface area (Å²) in [5, 5.41) is 7.99. The van der Waals surface area contributed by atoms with Crippen LogP contribution in [0.1, 0.15) is 44.1 Å². The van der Waals surface area contributed by atoms with Gasteiger partial charge in [0, 0.05) is 23.4 Å². The molecule has 0 saturated carbocycles. The van der Waals surface area contributed by atoms with E-state index in [0.29, 0.717) is 0 Å². The molecule has 0 bridgehead atoms. The van der Waals surface area contributed by atoms with Gasteiger partial charge in [-0.25, -0.2) is 0 Å². The van der Waals surface area contributed by atoms with E-state index in [0.717, 1.165) is 36.1 Å². The van der Waals surface area contributed by atoms with E-state index in [2.05, 4.69) is 62.0 Å². The smallest absolute Gasteiger partial charge is 0.0921 e. The first kappa shape index (κ1) is 15.2. The van der Waals surface area contributed by atoms with Crippen LogP contribution in [-0.4, -0.2) is 21.3 Å². The number of halogens is 1. The summed E-state index contributed by atoms with van der Waals surface area (Å²) in [6.45, 7) is 6.23. The quantitative estimate of drug-likeness (QED) is 0.840. The van der Waals surface area contributed by atoms with Crippen molar-refractivity contribution in [3.63, 3.8) is 0 Å². The third-order valence-corrected chi connectivity index (χ3v) is 3.59. The van der Waals surface area contributed by atoms with Crippen LogP contribution >= 0.6 is 15.9 Å². The van der Waals surface area contributed by atoms with Crippen molar-refractivity contribution in [2.45, 2.75) is 39.3 Å². The van der Waals surface area contributed by atoms with E-state index < -0.39 is 0 Å². The molecule has 0 aromatic carbocycles. The Morgan fingerprint density at radius 3 is 2.75 bits per heavy atom. The van der Waals surface area contributed by atoms with Gasteiger partial charge in [0.05, 0.1) is 17.4 Å². The van der Waals surface area contributed by atoms with Crippen LogP contribution in [0.15, 0.2) is 35.1 Å². The molecule has 0 aliphatic rings. The fourth-order valence-electron chi connectivity index (χ4n) is 2.19. The van der Waals surface area contributed by atoms with Crippen molar-refractivity contribution in [1.29, 1.82) is 0 Å². The Bertz CT molecular complexity index is 521. The molecule has 2 aromatic heterocycles. The van der Waals surface area contributed by atoms with E-state index in [4.69, 9.17) is 0 Å². The zero-order chi connectivity index (χ0) is 14.4. The summed E-state index contributed by atoms with van der Waals surface area (Å²) < 4.78 is 3.06. The number of aromatic nitrogens is 3. The summed E-state index contributed by atoms with van der Waals surface area (Å²) in [6, 6.07) is 6.26. The van der Waals surface area contributed by atoms with Crippen molar-refractivity contribution < 1.29 is 0 Å². The Morgan fingerprint density at radius 1 is 1.25 bits per heavy atom. The van der Waals surface area contributed by atoms with Crippen molar-refractivity contribution in [1.82, 2.24) is 20.1 Å². The molecule has 0 saturated heterocycles. The van der Waals surface area contributed by atoms with Crippen LogP contribution in [0, 0.1) is 0 Å². The van der Waals surface area contributed by atoms with Crippen LogP contribution in [0.2, 0.25) is 0 Å². The van der Waals surface area contributed by atoms with Crippen LogP contribution in [-0.2, 0) is 6.54 Å². The van der Waals surface area contributed by atoms with Crippen molar-refractivity contribution in [2.24, 2.45) is 0 Å². The molecule has 1 atom stereocenters. The lowest BCUT2D eigenvalue weighted by molar-refractivity contribution is 0.505. The molecular weight excluding hydrogens is 316 g/mol. The lowest BCUT2D eigenvalue weighted by Gasteiger charge is -2.19. The highest BCUT2D eigenvalue weighted by Gasteiger charge is 2.18. The van der Waals surface area contributed by atoms with Crippen LogP contribution in [0.4, 0.5) is 0 Å². The molecule has 2 heterocycles. The van der Waals surface area contributed by atoms with Gasteiger partial charge < -0.3 is 5.32 Å². The number of hydrogen-bond acceptors (Lipinski definition) is 3. The van der Waals surface area contributed by atoms with Gasteiger partial charge in [-0.15, -0.1) is 0 Å². The molecular formula is C15H21BrN4. The van der Waals surface area contributed by atoms with Crippen LogP contribution in [0.5, 0.6) is 0 Å². The molecule has 1 unspecified atom stereocenters. The normalized spacial score (nSPS) is 12.6. The van der Waals surface area contributed by atoms with Crippen molar-refractivity contribution in [2.75, 3.05) is 6.54 Å². The zero-order valence-corrected chi connectivity index (χ0v) is 13.6. The molecule has 0 aliphatic carbocycles. The topological polar surface area (TPSA) is 42.7 Å². The fraction of sp³-hybridized carbons (Fsp3) is 0.467. The average molecular weight is 337 g/mol. The van der Waals surface area contributed by atoms with E-state index in [1.165, 1.54) is 5.69 Å². The second-order valence-corrected chi connectivity index (χ2v) is 5.68. The maximum absolute atomic E-state index is 4.54. The highest BCUT2D eigenvalue weighted by molar-refractivity contribution is 9.10. The Morgan fingerprint density at radius 2 is 2.10 bits per heavy atom. The maximum Gasteiger partial charge on any atom is 0.0921 e. The number of pyridine rings is 1. The molecule has 0 fully saturated rings. The number of rotatable bonds is 7. The molecule has 0 radical (unpaired) electrons. The minimum atomic E-state index is 0.0945. The summed E-state index contributed by atoms with van der Waals surface area (Å²) in [5.41, 5.74) is 2.20. The van der Waals surface area contributed by atoms with Gasteiger partial charge >= 0.3 is 0 Å². The molecule has 20 heavy (non-hydrogen) atoms. The molecule has 1 N–H and O–H groups in total. The Hall–Kier alpha value is -1.20. The first-order valence-corrected chi connectivity index (χ1v) is 7.92. The van der Waals surface area contributed by atoms with Crippen LogP contribution < -0.4 is 5.32 Å².